The highest BCUT2D eigenvalue weighted by Gasteiger charge is 2.56. The first-order valence-electron chi connectivity index (χ1n) is 18.5. The van der Waals surface area contributed by atoms with Gasteiger partial charge in [-0.2, -0.15) is 0 Å². The number of esters is 5. The van der Waals surface area contributed by atoms with Crippen LogP contribution in [0.15, 0.2) is 18.2 Å². The van der Waals surface area contributed by atoms with E-state index in [-0.39, 0.29) is 0 Å². The Hall–Kier alpha value is -9.39. The molecule has 0 saturated carbocycles. The third-order valence-corrected chi connectivity index (χ3v) is 11.4. The summed E-state index contributed by atoms with van der Waals surface area (Å²) in [4.78, 5) is 72.7. The summed E-state index contributed by atoms with van der Waals surface area (Å²) in [6.45, 7) is 0.935. The van der Waals surface area contributed by atoms with Gasteiger partial charge in [0, 0.05) is 44.5 Å². The van der Waals surface area contributed by atoms with Crippen LogP contribution < -0.4 is 0 Å². The van der Waals surface area contributed by atoms with Gasteiger partial charge in [-0.15, -0.1) is 0 Å². The topological polar surface area (TPSA) is 435 Å². The van der Waals surface area contributed by atoms with Crippen molar-refractivity contribution in [3.8, 4) is 114 Å². The first-order chi connectivity index (χ1) is 31.0. The number of fused-ring (bicyclic) bond motifs is 7. The van der Waals surface area contributed by atoms with Gasteiger partial charge in [-0.1, -0.05) is 0 Å². The highest BCUT2D eigenvalue weighted by atomic mass is 16.7. The molecular weight excluding hydrogens is 892 g/mol. The number of carbonyl (C=O) groups excluding carboxylic acids is 5. The lowest BCUT2D eigenvalue weighted by Gasteiger charge is -2.40. The molecule has 5 atom stereocenters. The minimum atomic E-state index is -3.01. The van der Waals surface area contributed by atoms with Crippen molar-refractivity contribution < 1.29 is 124 Å². The molecule has 0 fully saturated rings. The molecule has 5 aromatic rings. The molecule has 0 aliphatic carbocycles. The van der Waals surface area contributed by atoms with Crippen LogP contribution in [-0.4, -0.2) is 131 Å². The summed E-state index contributed by atoms with van der Waals surface area (Å²) in [7, 11) is 0. The number of aliphatic hydroxyl groups is 1. The van der Waals surface area contributed by atoms with Crippen LogP contribution in [0.1, 0.15) is 69.0 Å². The average molecular weight is 919 g/mol. The van der Waals surface area contributed by atoms with Crippen molar-refractivity contribution in [2.45, 2.75) is 37.6 Å². The first kappa shape index (κ1) is 41.9. The molecule has 10 rings (SSSR count). The second kappa shape index (κ2) is 13.8. The maximum atomic E-state index is 15.0. The molecule has 340 valence electrons. The zero-order chi connectivity index (χ0) is 48.0. The number of aromatic hydroxyl groups is 14. The molecule has 25 nitrogen and oxygen atoms in total. The van der Waals surface area contributed by atoms with Crippen molar-refractivity contribution in [3.63, 3.8) is 0 Å². The van der Waals surface area contributed by atoms with Gasteiger partial charge in [0.25, 0.3) is 6.29 Å². The van der Waals surface area contributed by atoms with E-state index in [1.165, 1.54) is 0 Å². The van der Waals surface area contributed by atoms with Gasteiger partial charge in [0.05, 0.1) is 27.8 Å². The Balaban J connectivity index is 1.46. The molecule has 0 radical (unpaired) electrons. The predicted molar refractivity (Wildman–Crippen MR) is 204 cm³/mol. The van der Waals surface area contributed by atoms with Gasteiger partial charge < -0.3 is 100 Å². The Morgan fingerprint density at radius 3 is 1.20 bits per heavy atom. The van der Waals surface area contributed by atoms with Crippen LogP contribution in [-0.2, 0) is 23.7 Å². The standard InChI is InChI=1S/C41H26O25/c1-5-12-13-6(2-9(42)22(46)25(13)49)37(58)65-41-35(64-36(57)7-3-10(43)23(47)26(50)14(7)15-8(38(59)66-41)4-11(44)24(48)27(15)51)34-33-31(55)20-19(40(61)62-33)17(29(53)32(56)30(20)54)16(28(52)21(5)45)18(12)39(60)63-34/h2-4,31,33-35,41-56H,1H3/t31-,33+,34-,35+,41-/m1/s1. The Morgan fingerprint density at radius 2 is 0.712 bits per heavy atom. The number of phenolic OH excluding ortho intramolecular Hbond substituents is 14. The summed E-state index contributed by atoms with van der Waals surface area (Å²) in [5, 5.41) is 166. The van der Waals surface area contributed by atoms with E-state index in [2.05, 4.69) is 0 Å². The van der Waals surface area contributed by atoms with Gasteiger partial charge in [0.2, 0.25) is 29.1 Å². The van der Waals surface area contributed by atoms with E-state index in [1.807, 2.05) is 0 Å². The summed E-state index contributed by atoms with van der Waals surface area (Å²) in [6.07, 6.45) is -14.0. The Bertz CT molecular complexity index is 3170. The van der Waals surface area contributed by atoms with E-state index in [4.69, 9.17) is 23.7 Å². The second-order valence-electron chi connectivity index (χ2n) is 14.9. The van der Waals surface area contributed by atoms with E-state index in [0.717, 1.165) is 6.92 Å². The summed E-state index contributed by atoms with van der Waals surface area (Å²) >= 11 is 0. The minimum absolute atomic E-state index is 0.355. The highest BCUT2D eigenvalue weighted by molar-refractivity contribution is 6.16. The van der Waals surface area contributed by atoms with Gasteiger partial charge in [-0.05, 0) is 25.1 Å². The van der Waals surface area contributed by atoms with Gasteiger partial charge >= 0.3 is 29.8 Å². The van der Waals surface area contributed by atoms with Gasteiger partial charge in [-0.3, -0.25) is 0 Å². The van der Waals surface area contributed by atoms with Crippen LogP contribution in [0.5, 0.6) is 80.5 Å². The Labute approximate surface area is 362 Å². The summed E-state index contributed by atoms with van der Waals surface area (Å²) < 4.78 is 27.8. The smallest absolute Gasteiger partial charge is 0.342 e. The molecule has 15 N–H and O–H groups in total. The zero-order valence-electron chi connectivity index (χ0n) is 32.4. The number of carbonyl (C=O) groups is 5. The number of ether oxygens (including phenoxy) is 5. The van der Waals surface area contributed by atoms with E-state index in [1.54, 1.807) is 0 Å². The van der Waals surface area contributed by atoms with Crippen molar-refractivity contribution in [1.29, 1.82) is 0 Å². The summed E-state index contributed by atoms with van der Waals surface area (Å²) in [5.74, 6) is -29.4. The number of hydrogen-bond donors (Lipinski definition) is 15. The van der Waals surface area contributed by atoms with Crippen molar-refractivity contribution in [1.82, 2.24) is 0 Å². The molecule has 66 heavy (non-hydrogen) atoms. The number of aliphatic hydroxyl groups excluding tert-OH is 1. The van der Waals surface area contributed by atoms with Crippen LogP contribution in [0, 0.1) is 6.92 Å². The highest BCUT2D eigenvalue weighted by Crippen LogP contribution is 2.60. The molecule has 0 unspecified atom stereocenters. The van der Waals surface area contributed by atoms with E-state index < -0.39 is 213 Å². The van der Waals surface area contributed by atoms with E-state index in [9.17, 15) is 95.8 Å². The maximum absolute atomic E-state index is 15.0. The minimum Gasteiger partial charge on any atom is -0.504 e. The average Bonchev–Trinajstić information content (AvgIpc) is 3.28. The lowest BCUT2D eigenvalue weighted by atomic mass is 9.79. The monoisotopic (exact) mass is 918 g/mol. The molecular formula is C41H26O25. The maximum Gasteiger partial charge on any atom is 0.342 e. The van der Waals surface area contributed by atoms with Crippen LogP contribution in [0.2, 0.25) is 0 Å². The molecule has 0 saturated heterocycles. The number of hydrogen-bond acceptors (Lipinski definition) is 25. The molecule has 5 aromatic carbocycles. The van der Waals surface area contributed by atoms with Crippen molar-refractivity contribution in [2.75, 3.05) is 0 Å². The number of phenols is 14. The van der Waals surface area contributed by atoms with Crippen LogP contribution in [0.3, 0.4) is 0 Å². The Morgan fingerprint density at radius 1 is 0.348 bits per heavy atom. The fraction of sp³-hybridized carbons (Fsp3) is 0.146. The lowest BCUT2D eigenvalue weighted by Crippen LogP contribution is -2.56. The molecule has 5 aliphatic heterocycles. The molecule has 0 spiro atoms. The van der Waals surface area contributed by atoms with E-state index >= 15 is 4.79 Å². The summed E-state index contributed by atoms with van der Waals surface area (Å²) in [6, 6.07) is 1.10. The fourth-order valence-corrected chi connectivity index (χ4v) is 8.38. The molecule has 0 aromatic heterocycles. The molecule has 25 heteroatoms. The predicted octanol–water partition coefficient (Wildman–Crippen LogP) is 1.88. The quantitative estimate of drug-likeness (QED) is 0.0599. The molecule has 0 amide bonds. The van der Waals surface area contributed by atoms with Gasteiger partial charge in [0.1, 0.15) is 6.10 Å². The van der Waals surface area contributed by atoms with Crippen LogP contribution in [0.25, 0.3) is 33.4 Å². The van der Waals surface area contributed by atoms with Crippen LogP contribution >= 0.6 is 0 Å². The lowest BCUT2D eigenvalue weighted by molar-refractivity contribution is -0.195. The number of rotatable bonds is 0. The zero-order valence-corrected chi connectivity index (χ0v) is 32.4. The third-order valence-electron chi connectivity index (χ3n) is 11.4. The fourth-order valence-electron chi connectivity index (χ4n) is 8.38. The third kappa shape index (κ3) is 5.39. The number of benzene rings is 5. The van der Waals surface area contributed by atoms with Gasteiger partial charge in [-0.25, -0.2) is 24.0 Å². The van der Waals surface area contributed by atoms with Crippen molar-refractivity contribution >= 4 is 29.8 Å². The summed E-state index contributed by atoms with van der Waals surface area (Å²) in [5.41, 5.74) is -14.5. The van der Waals surface area contributed by atoms with Gasteiger partial charge in [0.15, 0.2) is 69.7 Å². The normalized spacial score (nSPS) is 20.5. The van der Waals surface area contributed by atoms with Crippen molar-refractivity contribution in [2.24, 2.45) is 0 Å². The second-order valence-corrected chi connectivity index (χ2v) is 14.9. The van der Waals surface area contributed by atoms with E-state index in [0.29, 0.717) is 18.2 Å². The van der Waals surface area contributed by atoms with Crippen molar-refractivity contribution in [3.05, 3.63) is 57.1 Å². The molecule has 6 bridgehead atoms. The molecule has 5 heterocycles. The Kier molecular flexibility index (Phi) is 8.77. The molecule has 5 aliphatic rings. The SMILES string of the molecule is Cc1c(O)c(O)c2c3c1-c1c(cc(O)c(O)c1O)C(=O)O[C@@H]1OC(=O)c4cc(O)c(O)c(O)c4-c4c(cc(O)c(O)c4O)C(=O)O[C@H]1[C@H](OC3=O)[C@H]1OC(=O)c3c-2c(O)c(O)c(O)c3[C@H]1O. The van der Waals surface area contributed by atoms with Crippen LogP contribution in [0.4, 0.5) is 0 Å². The first-order valence-corrected chi connectivity index (χ1v) is 18.5. The largest absolute Gasteiger partial charge is 0.504 e.